The van der Waals surface area contributed by atoms with E-state index in [1.165, 1.54) is 11.8 Å². The van der Waals surface area contributed by atoms with Gasteiger partial charge in [0.15, 0.2) is 5.76 Å². The van der Waals surface area contributed by atoms with Crippen LogP contribution in [0.3, 0.4) is 0 Å². The van der Waals surface area contributed by atoms with Crippen molar-refractivity contribution in [3.05, 3.63) is 101 Å². The van der Waals surface area contributed by atoms with Gasteiger partial charge in [0.25, 0.3) is 5.91 Å². The van der Waals surface area contributed by atoms with Crippen molar-refractivity contribution < 1.29 is 13.9 Å². The van der Waals surface area contributed by atoms with Gasteiger partial charge in [0.2, 0.25) is 5.17 Å². The van der Waals surface area contributed by atoms with Crippen LogP contribution in [0.2, 0.25) is 0 Å². The number of para-hydroxylation sites is 2. The van der Waals surface area contributed by atoms with Crippen molar-refractivity contribution in [1.29, 1.82) is 0 Å². The molecule has 5 rings (SSSR count). The van der Waals surface area contributed by atoms with Crippen molar-refractivity contribution in [2.75, 3.05) is 12.0 Å². The Hall–Kier alpha value is -4.10. The van der Waals surface area contributed by atoms with Crippen LogP contribution in [0.1, 0.15) is 18.2 Å². The quantitative estimate of drug-likeness (QED) is 0.195. The molecule has 7 heteroatoms. The SMILES string of the molecule is COc1ccc(/C=C2/S/C(=N/N=C(\C)c3cc4ccccc4o3)N(c3ccccc3)C2=O)cc1. The van der Waals surface area contributed by atoms with E-state index >= 15 is 0 Å². The minimum absolute atomic E-state index is 0.151. The van der Waals surface area contributed by atoms with Crippen molar-refractivity contribution in [1.82, 2.24) is 0 Å². The molecule has 0 bridgehead atoms. The van der Waals surface area contributed by atoms with Gasteiger partial charge in [0.05, 0.1) is 17.7 Å². The molecule has 1 aromatic heterocycles. The van der Waals surface area contributed by atoms with E-state index < -0.39 is 0 Å². The first-order valence-corrected chi connectivity index (χ1v) is 11.5. The zero-order valence-corrected chi connectivity index (χ0v) is 19.5. The van der Waals surface area contributed by atoms with Crippen LogP contribution < -0.4 is 9.64 Å². The van der Waals surface area contributed by atoms with E-state index in [2.05, 4.69) is 10.2 Å². The van der Waals surface area contributed by atoms with E-state index in [0.29, 0.717) is 21.5 Å². The van der Waals surface area contributed by atoms with E-state index in [9.17, 15) is 4.79 Å². The Morgan fingerprint density at radius 2 is 1.74 bits per heavy atom. The van der Waals surface area contributed by atoms with Gasteiger partial charge < -0.3 is 9.15 Å². The Balaban J connectivity index is 1.50. The molecular weight excluding hydrogens is 446 g/mol. The van der Waals surface area contributed by atoms with Crippen molar-refractivity contribution in [3.63, 3.8) is 0 Å². The third kappa shape index (κ3) is 4.38. The second kappa shape index (κ2) is 9.41. The number of amides is 1. The first-order valence-electron chi connectivity index (χ1n) is 10.7. The van der Waals surface area contributed by atoms with Gasteiger partial charge >= 0.3 is 0 Å². The average Bonchev–Trinajstić information content (AvgIpc) is 3.45. The lowest BCUT2D eigenvalue weighted by atomic mass is 10.2. The van der Waals surface area contributed by atoms with E-state index in [1.807, 2.05) is 97.9 Å². The molecule has 0 saturated carbocycles. The fourth-order valence-corrected chi connectivity index (χ4v) is 4.46. The van der Waals surface area contributed by atoms with Crippen molar-refractivity contribution in [3.8, 4) is 5.75 Å². The van der Waals surface area contributed by atoms with E-state index in [0.717, 1.165) is 28.0 Å². The van der Waals surface area contributed by atoms with Gasteiger partial charge in [-0.25, -0.2) is 0 Å². The van der Waals surface area contributed by atoms with Gasteiger partial charge in [-0.05, 0) is 66.7 Å². The van der Waals surface area contributed by atoms with E-state index in [4.69, 9.17) is 9.15 Å². The summed E-state index contributed by atoms with van der Waals surface area (Å²) in [7, 11) is 1.62. The average molecular weight is 468 g/mol. The molecule has 0 aliphatic carbocycles. The predicted molar refractivity (Wildman–Crippen MR) is 138 cm³/mol. The maximum Gasteiger partial charge on any atom is 0.271 e. The monoisotopic (exact) mass is 467 g/mol. The van der Waals surface area contributed by atoms with Gasteiger partial charge in [-0.15, -0.1) is 10.2 Å². The molecule has 3 aromatic carbocycles. The summed E-state index contributed by atoms with van der Waals surface area (Å²) in [5.41, 5.74) is 3.04. The molecule has 0 N–H and O–H groups in total. The number of rotatable bonds is 5. The lowest BCUT2D eigenvalue weighted by Gasteiger charge is -2.14. The number of hydrogen-bond donors (Lipinski definition) is 0. The molecule has 0 radical (unpaired) electrons. The van der Waals surface area contributed by atoms with E-state index in [1.54, 1.807) is 12.0 Å². The maximum atomic E-state index is 13.3. The summed E-state index contributed by atoms with van der Waals surface area (Å²) in [5, 5.41) is 10.3. The van der Waals surface area contributed by atoms with Crippen molar-refractivity contribution in [2.45, 2.75) is 6.92 Å². The zero-order chi connectivity index (χ0) is 23.5. The molecule has 0 unspecified atom stereocenters. The van der Waals surface area contributed by atoms with Gasteiger partial charge in [0.1, 0.15) is 17.0 Å². The molecule has 0 spiro atoms. The largest absolute Gasteiger partial charge is 0.497 e. The molecule has 4 aromatic rings. The Labute approximate surface area is 201 Å². The van der Waals surface area contributed by atoms with Crippen LogP contribution in [0.25, 0.3) is 17.0 Å². The van der Waals surface area contributed by atoms with Crippen LogP contribution >= 0.6 is 11.8 Å². The van der Waals surface area contributed by atoms with Crippen LogP contribution in [0, 0.1) is 0 Å². The number of anilines is 1. The van der Waals surface area contributed by atoms with Crippen LogP contribution in [-0.2, 0) is 4.79 Å². The number of carbonyl (C=O) groups is 1. The Kier molecular flexibility index (Phi) is 6.01. The number of ether oxygens (including phenoxy) is 1. The second-order valence-electron chi connectivity index (χ2n) is 7.58. The fourth-order valence-electron chi connectivity index (χ4n) is 3.52. The third-order valence-electron chi connectivity index (χ3n) is 5.30. The molecule has 1 aliphatic rings. The maximum absolute atomic E-state index is 13.3. The number of fused-ring (bicyclic) bond motifs is 1. The summed E-state index contributed by atoms with van der Waals surface area (Å²) < 4.78 is 11.1. The highest BCUT2D eigenvalue weighted by molar-refractivity contribution is 8.19. The number of amidine groups is 1. The summed E-state index contributed by atoms with van der Waals surface area (Å²) in [6.07, 6.45) is 1.85. The smallest absolute Gasteiger partial charge is 0.271 e. The van der Waals surface area contributed by atoms with Gasteiger partial charge in [0, 0.05) is 5.39 Å². The zero-order valence-electron chi connectivity index (χ0n) is 18.6. The molecule has 0 atom stereocenters. The normalized spacial score (nSPS) is 16.7. The number of thioether (sulfide) groups is 1. The minimum Gasteiger partial charge on any atom is -0.497 e. The first-order chi connectivity index (χ1) is 16.6. The summed E-state index contributed by atoms with van der Waals surface area (Å²) >= 11 is 1.29. The highest BCUT2D eigenvalue weighted by Crippen LogP contribution is 2.36. The highest BCUT2D eigenvalue weighted by Gasteiger charge is 2.35. The lowest BCUT2D eigenvalue weighted by Crippen LogP contribution is -2.28. The lowest BCUT2D eigenvalue weighted by molar-refractivity contribution is -0.113. The van der Waals surface area contributed by atoms with E-state index in [-0.39, 0.29) is 5.91 Å². The molecule has 1 amide bonds. The molecular formula is C27H21N3O3S. The van der Waals surface area contributed by atoms with Gasteiger partial charge in [-0.2, -0.15) is 0 Å². The topological polar surface area (TPSA) is 67.4 Å². The molecule has 34 heavy (non-hydrogen) atoms. The Morgan fingerprint density at radius 3 is 2.47 bits per heavy atom. The minimum atomic E-state index is -0.151. The summed E-state index contributed by atoms with van der Waals surface area (Å²) in [5.74, 6) is 1.25. The number of benzene rings is 3. The standard InChI is InChI=1S/C27H21N3O3S/c1-18(24-17-20-8-6-7-11-23(20)33-24)28-29-27-30(21-9-4-3-5-10-21)26(31)25(34-27)16-19-12-14-22(32-2)15-13-19/h3-17H,1-2H3/b25-16+,28-18+,29-27+. The van der Waals surface area contributed by atoms with Crippen molar-refractivity contribution >= 4 is 51.3 Å². The van der Waals surface area contributed by atoms with Crippen LogP contribution in [0.15, 0.2) is 104 Å². The molecule has 168 valence electrons. The third-order valence-corrected chi connectivity index (χ3v) is 6.26. The number of methoxy groups -OCH3 is 1. The van der Waals surface area contributed by atoms with Gasteiger partial charge in [-0.3, -0.25) is 9.69 Å². The molecule has 1 aliphatic heterocycles. The summed E-state index contributed by atoms with van der Waals surface area (Å²) in [6, 6.07) is 26.7. The number of carbonyl (C=O) groups excluding carboxylic acids is 1. The van der Waals surface area contributed by atoms with Crippen LogP contribution in [-0.4, -0.2) is 23.9 Å². The van der Waals surface area contributed by atoms with Crippen molar-refractivity contribution in [2.24, 2.45) is 10.2 Å². The highest BCUT2D eigenvalue weighted by atomic mass is 32.2. The molecule has 2 heterocycles. The summed E-state index contributed by atoms with van der Waals surface area (Å²) in [6.45, 7) is 1.84. The fraction of sp³-hybridized carbons (Fsp3) is 0.0741. The number of furan rings is 1. The molecule has 1 saturated heterocycles. The number of nitrogens with zero attached hydrogens (tertiary/aromatic N) is 3. The predicted octanol–water partition coefficient (Wildman–Crippen LogP) is 6.34. The molecule has 6 nitrogen and oxygen atoms in total. The van der Waals surface area contributed by atoms with Crippen LogP contribution in [0.5, 0.6) is 5.75 Å². The first kappa shape index (κ1) is 21.7. The van der Waals surface area contributed by atoms with Gasteiger partial charge in [-0.1, -0.05) is 48.5 Å². The Morgan fingerprint density at radius 1 is 1.00 bits per heavy atom. The second-order valence-corrected chi connectivity index (χ2v) is 8.59. The van der Waals surface area contributed by atoms with Crippen LogP contribution in [0.4, 0.5) is 5.69 Å². The Bertz CT molecular complexity index is 1400. The number of hydrogen-bond acceptors (Lipinski definition) is 6. The molecule has 1 fully saturated rings. The summed E-state index contributed by atoms with van der Waals surface area (Å²) in [4.78, 5) is 15.5.